The molecule has 2 heterocycles. The Kier molecular flexibility index (Phi) is 6.91. The van der Waals surface area contributed by atoms with Crippen molar-refractivity contribution in [1.82, 2.24) is 14.7 Å². The molecule has 1 aromatic heterocycles. The molecule has 0 radical (unpaired) electrons. The van der Waals surface area contributed by atoms with E-state index in [2.05, 4.69) is 59.0 Å². The van der Waals surface area contributed by atoms with E-state index in [1.54, 1.807) is 12.1 Å². The molecule has 2 aliphatic rings. The molecule has 1 aliphatic carbocycles. The van der Waals surface area contributed by atoms with Gasteiger partial charge in [-0.15, -0.1) is 0 Å². The van der Waals surface area contributed by atoms with Gasteiger partial charge in [0.2, 0.25) is 0 Å². The molecule has 1 saturated carbocycles. The van der Waals surface area contributed by atoms with Crippen LogP contribution in [0.25, 0.3) is 0 Å². The molecular formula is C29H36FN3. The summed E-state index contributed by atoms with van der Waals surface area (Å²) in [6, 6.07) is 20.3. The van der Waals surface area contributed by atoms with Crippen LogP contribution in [0.5, 0.6) is 0 Å². The molecule has 5 rings (SSSR count). The summed E-state index contributed by atoms with van der Waals surface area (Å²) < 4.78 is 16.0. The van der Waals surface area contributed by atoms with Gasteiger partial charge in [-0.2, -0.15) is 5.10 Å². The third-order valence-corrected chi connectivity index (χ3v) is 7.82. The van der Waals surface area contributed by atoms with Crippen molar-refractivity contribution in [3.63, 3.8) is 0 Å². The molecule has 0 N–H and O–H groups in total. The van der Waals surface area contributed by atoms with Crippen LogP contribution < -0.4 is 0 Å². The lowest BCUT2D eigenvalue weighted by Crippen LogP contribution is -2.37. The number of likely N-dealkylation sites (tertiary alicyclic amines) is 1. The molecule has 2 fully saturated rings. The van der Waals surface area contributed by atoms with Gasteiger partial charge in [-0.1, -0.05) is 48.9 Å². The minimum atomic E-state index is -0.0990. The predicted octanol–water partition coefficient (Wildman–Crippen LogP) is 6.40. The van der Waals surface area contributed by atoms with E-state index in [-0.39, 0.29) is 5.82 Å². The number of aryl methyl sites for hydroxylation is 1. The molecule has 2 atom stereocenters. The Hall–Kier alpha value is -2.46. The normalized spacial score (nSPS) is 22.1. The monoisotopic (exact) mass is 445 g/mol. The Bertz CT molecular complexity index is 1040. The zero-order valence-electron chi connectivity index (χ0n) is 19.8. The van der Waals surface area contributed by atoms with Crippen LogP contribution in [0, 0.1) is 11.7 Å². The number of hydrogen-bond acceptors (Lipinski definition) is 2. The van der Waals surface area contributed by atoms with Crippen LogP contribution in [0.1, 0.15) is 73.4 Å². The summed E-state index contributed by atoms with van der Waals surface area (Å²) in [6.45, 7) is 6.59. The number of hydrogen-bond donors (Lipinski definition) is 0. The first-order valence-electron chi connectivity index (χ1n) is 12.8. The maximum atomic E-state index is 13.8. The molecule has 33 heavy (non-hydrogen) atoms. The van der Waals surface area contributed by atoms with E-state index < -0.39 is 0 Å². The van der Waals surface area contributed by atoms with Gasteiger partial charge < -0.3 is 4.90 Å². The summed E-state index contributed by atoms with van der Waals surface area (Å²) in [6.07, 6.45) is 7.05. The first kappa shape index (κ1) is 22.3. The van der Waals surface area contributed by atoms with Crippen LogP contribution in [0.4, 0.5) is 4.39 Å². The number of nitrogens with zero attached hydrogens (tertiary/aromatic N) is 3. The lowest BCUT2D eigenvalue weighted by atomic mass is 9.87. The molecule has 3 aromatic rings. The van der Waals surface area contributed by atoms with Gasteiger partial charge in [-0.3, -0.25) is 4.68 Å². The summed E-state index contributed by atoms with van der Waals surface area (Å²) in [5.74, 6) is 1.67. The van der Waals surface area contributed by atoms with Crippen LogP contribution in [-0.4, -0.2) is 34.3 Å². The standard InChI is InChI=1S/C29H36FN3/c1-2-33-29(20-27(31-33)18-22-8-4-3-5-9-22)23-14-16-32(17-15-23)21-25-11-7-13-28(25)24-10-6-12-26(30)19-24/h3-6,8-10,12,19-20,23,25,28H,2,7,11,13-18,21H2,1H3/t25?,28-/m1/s1. The summed E-state index contributed by atoms with van der Waals surface area (Å²) in [7, 11) is 0. The van der Waals surface area contributed by atoms with Gasteiger partial charge >= 0.3 is 0 Å². The SMILES string of the molecule is CCn1nc(Cc2ccccc2)cc1C1CCN(CC2CCC[C@@H]2c2cccc(F)c2)CC1. The zero-order chi connectivity index (χ0) is 22.6. The first-order chi connectivity index (χ1) is 16.2. The Morgan fingerprint density at radius 1 is 0.939 bits per heavy atom. The van der Waals surface area contributed by atoms with Crippen LogP contribution in [0.15, 0.2) is 60.7 Å². The van der Waals surface area contributed by atoms with Crippen molar-refractivity contribution in [2.45, 2.75) is 63.8 Å². The number of piperidine rings is 1. The highest BCUT2D eigenvalue weighted by molar-refractivity contribution is 5.25. The highest BCUT2D eigenvalue weighted by atomic mass is 19.1. The van der Waals surface area contributed by atoms with E-state index in [0.29, 0.717) is 17.8 Å². The van der Waals surface area contributed by atoms with Crippen molar-refractivity contribution in [2.24, 2.45) is 5.92 Å². The van der Waals surface area contributed by atoms with E-state index in [9.17, 15) is 4.39 Å². The molecule has 2 aromatic carbocycles. The third kappa shape index (κ3) is 5.22. The Morgan fingerprint density at radius 2 is 1.76 bits per heavy atom. The largest absolute Gasteiger partial charge is 0.303 e. The first-order valence-corrected chi connectivity index (χ1v) is 12.8. The van der Waals surface area contributed by atoms with E-state index >= 15 is 0 Å². The second-order valence-corrected chi connectivity index (χ2v) is 9.97. The molecule has 0 amide bonds. The topological polar surface area (TPSA) is 21.1 Å². The van der Waals surface area contributed by atoms with Crippen molar-refractivity contribution in [3.05, 3.63) is 89.0 Å². The second kappa shape index (κ2) is 10.2. The van der Waals surface area contributed by atoms with Crippen LogP contribution in [-0.2, 0) is 13.0 Å². The van der Waals surface area contributed by atoms with Gasteiger partial charge in [0.05, 0.1) is 5.69 Å². The number of benzene rings is 2. The van der Waals surface area contributed by atoms with Crippen LogP contribution >= 0.6 is 0 Å². The highest BCUT2D eigenvalue weighted by Gasteiger charge is 2.32. The minimum Gasteiger partial charge on any atom is -0.303 e. The Balaban J connectivity index is 1.20. The van der Waals surface area contributed by atoms with Gasteiger partial charge in [0.25, 0.3) is 0 Å². The Labute approximate surface area is 197 Å². The zero-order valence-corrected chi connectivity index (χ0v) is 19.8. The van der Waals surface area contributed by atoms with Gasteiger partial charge in [-0.05, 0) is 86.9 Å². The summed E-state index contributed by atoms with van der Waals surface area (Å²) >= 11 is 0. The summed E-state index contributed by atoms with van der Waals surface area (Å²) in [4.78, 5) is 2.66. The fourth-order valence-corrected chi connectivity index (χ4v) is 6.13. The molecule has 174 valence electrons. The fraction of sp³-hybridized carbons (Fsp3) is 0.483. The number of rotatable bonds is 7. The average molecular weight is 446 g/mol. The van der Waals surface area contributed by atoms with Crippen LogP contribution in [0.2, 0.25) is 0 Å². The summed E-state index contributed by atoms with van der Waals surface area (Å²) in [5, 5.41) is 4.92. The van der Waals surface area contributed by atoms with E-state index in [1.807, 2.05) is 6.07 Å². The Morgan fingerprint density at radius 3 is 2.52 bits per heavy atom. The van der Waals surface area contributed by atoms with Crippen molar-refractivity contribution < 1.29 is 4.39 Å². The average Bonchev–Trinajstić information content (AvgIpc) is 3.47. The second-order valence-electron chi connectivity index (χ2n) is 9.97. The van der Waals surface area contributed by atoms with E-state index in [1.165, 1.54) is 54.6 Å². The third-order valence-electron chi connectivity index (χ3n) is 7.82. The lowest BCUT2D eigenvalue weighted by molar-refractivity contribution is 0.175. The smallest absolute Gasteiger partial charge is 0.123 e. The molecule has 1 unspecified atom stereocenters. The molecule has 1 saturated heterocycles. The van der Waals surface area contributed by atoms with Crippen molar-refractivity contribution in [3.8, 4) is 0 Å². The highest BCUT2D eigenvalue weighted by Crippen LogP contribution is 2.41. The van der Waals surface area contributed by atoms with Gasteiger partial charge in [0, 0.05) is 31.1 Å². The van der Waals surface area contributed by atoms with Gasteiger partial charge in [0.1, 0.15) is 5.82 Å². The quantitative estimate of drug-likeness (QED) is 0.420. The van der Waals surface area contributed by atoms with Crippen LogP contribution in [0.3, 0.4) is 0 Å². The maximum absolute atomic E-state index is 13.8. The number of aromatic nitrogens is 2. The summed E-state index contributed by atoms with van der Waals surface area (Å²) in [5.41, 5.74) is 5.13. The molecule has 0 bridgehead atoms. The molecule has 0 spiro atoms. The van der Waals surface area contributed by atoms with E-state index in [0.717, 1.165) is 32.6 Å². The predicted molar refractivity (Wildman–Crippen MR) is 132 cm³/mol. The fourth-order valence-electron chi connectivity index (χ4n) is 6.13. The van der Waals surface area contributed by atoms with Crippen molar-refractivity contribution in [1.29, 1.82) is 0 Å². The van der Waals surface area contributed by atoms with Gasteiger partial charge in [0.15, 0.2) is 0 Å². The van der Waals surface area contributed by atoms with E-state index in [4.69, 9.17) is 5.10 Å². The lowest BCUT2D eigenvalue weighted by Gasteiger charge is -2.35. The number of halogens is 1. The molecule has 3 nitrogen and oxygen atoms in total. The van der Waals surface area contributed by atoms with Gasteiger partial charge in [-0.25, -0.2) is 4.39 Å². The van der Waals surface area contributed by atoms with Crippen molar-refractivity contribution >= 4 is 0 Å². The maximum Gasteiger partial charge on any atom is 0.123 e. The molecule has 4 heteroatoms. The van der Waals surface area contributed by atoms with Crippen molar-refractivity contribution in [2.75, 3.05) is 19.6 Å². The molecule has 1 aliphatic heterocycles. The minimum absolute atomic E-state index is 0.0990. The molecular weight excluding hydrogens is 409 g/mol.